The molecule has 2 nitrogen and oxygen atoms in total. The fourth-order valence-electron chi connectivity index (χ4n) is 3.24. The molecule has 0 bridgehead atoms. The summed E-state index contributed by atoms with van der Waals surface area (Å²) in [7, 11) is 2.27. The molecule has 1 saturated heterocycles. The second-order valence-corrected chi connectivity index (χ2v) is 6.41. The SMILES string of the molecule is CN(Cc1cccc(C2CC2)c1)CC1CCNCC1. The van der Waals surface area contributed by atoms with Gasteiger partial charge in [-0.3, -0.25) is 0 Å². The predicted molar refractivity (Wildman–Crippen MR) is 80.3 cm³/mol. The molecule has 2 aliphatic rings. The minimum atomic E-state index is 0.870. The zero-order valence-electron chi connectivity index (χ0n) is 12.1. The van der Waals surface area contributed by atoms with E-state index in [0.717, 1.165) is 18.4 Å². The summed E-state index contributed by atoms with van der Waals surface area (Å²) in [6, 6.07) is 9.25. The van der Waals surface area contributed by atoms with Crippen LogP contribution >= 0.6 is 0 Å². The summed E-state index contributed by atoms with van der Waals surface area (Å²) >= 11 is 0. The van der Waals surface area contributed by atoms with E-state index in [9.17, 15) is 0 Å². The van der Waals surface area contributed by atoms with Crippen molar-refractivity contribution < 1.29 is 0 Å². The maximum Gasteiger partial charge on any atom is 0.0230 e. The van der Waals surface area contributed by atoms with Crippen LogP contribution in [0.5, 0.6) is 0 Å². The second kappa shape index (κ2) is 6.06. The van der Waals surface area contributed by atoms with E-state index in [1.165, 1.54) is 50.9 Å². The lowest BCUT2D eigenvalue weighted by Crippen LogP contribution is -2.34. The number of benzene rings is 1. The average Bonchev–Trinajstić information content (AvgIpc) is 3.24. The van der Waals surface area contributed by atoms with Gasteiger partial charge < -0.3 is 10.2 Å². The maximum absolute atomic E-state index is 3.45. The first-order valence-electron chi connectivity index (χ1n) is 7.79. The molecule has 0 radical (unpaired) electrons. The molecule has 0 spiro atoms. The van der Waals surface area contributed by atoms with E-state index >= 15 is 0 Å². The van der Waals surface area contributed by atoms with E-state index in [0.29, 0.717) is 0 Å². The van der Waals surface area contributed by atoms with Crippen molar-refractivity contribution in [3.8, 4) is 0 Å². The fraction of sp³-hybridized carbons (Fsp3) is 0.647. The normalized spacial score (nSPS) is 20.9. The Balaban J connectivity index is 1.53. The number of nitrogens with zero attached hydrogens (tertiary/aromatic N) is 1. The Hall–Kier alpha value is -0.860. The second-order valence-electron chi connectivity index (χ2n) is 6.41. The Bertz CT molecular complexity index is 405. The third-order valence-corrected chi connectivity index (χ3v) is 4.48. The molecule has 0 amide bonds. The van der Waals surface area contributed by atoms with E-state index in [2.05, 4.69) is 41.5 Å². The summed E-state index contributed by atoms with van der Waals surface area (Å²) in [5.74, 6) is 1.76. The van der Waals surface area contributed by atoms with Crippen LogP contribution < -0.4 is 5.32 Å². The van der Waals surface area contributed by atoms with Crippen LogP contribution in [0.25, 0.3) is 0 Å². The third-order valence-electron chi connectivity index (χ3n) is 4.48. The summed E-state index contributed by atoms with van der Waals surface area (Å²) in [4.78, 5) is 2.50. The molecule has 0 atom stereocenters. The van der Waals surface area contributed by atoms with E-state index in [4.69, 9.17) is 0 Å². The van der Waals surface area contributed by atoms with Crippen LogP contribution in [0, 0.1) is 5.92 Å². The van der Waals surface area contributed by atoms with Crippen molar-refractivity contribution in [2.24, 2.45) is 5.92 Å². The van der Waals surface area contributed by atoms with Crippen molar-refractivity contribution in [2.75, 3.05) is 26.7 Å². The van der Waals surface area contributed by atoms with Crippen LogP contribution in [0.2, 0.25) is 0 Å². The number of nitrogens with one attached hydrogen (secondary N) is 1. The summed E-state index contributed by atoms with van der Waals surface area (Å²) in [5, 5.41) is 3.45. The molecule has 3 rings (SSSR count). The van der Waals surface area contributed by atoms with E-state index in [1.54, 1.807) is 5.56 Å². The molecule has 1 aromatic carbocycles. The largest absolute Gasteiger partial charge is 0.317 e. The molecule has 1 N–H and O–H groups in total. The Morgan fingerprint density at radius 1 is 1.16 bits per heavy atom. The van der Waals surface area contributed by atoms with Crippen molar-refractivity contribution in [3.05, 3.63) is 35.4 Å². The van der Waals surface area contributed by atoms with Gasteiger partial charge in [0, 0.05) is 13.1 Å². The van der Waals surface area contributed by atoms with Crippen molar-refractivity contribution in [2.45, 2.75) is 38.1 Å². The third kappa shape index (κ3) is 3.80. The van der Waals surface area contributed by atoms with E-state index in [1.807, 2.05) is 0 Å². The van der Waals surface area contributed by atoms with Crippen molar-refractivity contribution >= 4 is 0 Å². The first-order chi connectivity index (χ1) is 9.31. The zero-order valence-corrected chi connectivity index (χ0v) is 12.1. The highest BCUT2D eigenvalue weighted by atomic mass is 15.1. The molecule has 0 unspecified atom stereocenters. The Kier molecular flexibility index (Phi) is 4.19. The Morgan fingerprint density at radius 3 is 2.68 bits per heavy atom. The smallest absolute Gasteiger partial charge is 0.0230 e. The van der Waals surface area contributed by atoms with E-state index in [-0.39, 0.29) is 0 Å². The van der Waals surface area contributed by atoms with Gasteiger partial charge in [0.05, 0.1) is 0 Å². The van der Waals surface area contributed by atoms with Crippen LogP contribution in [0.4, 0.5) is 0 Å². The molecule has 0 aromatic heterocycles. The standard InChI is InChI=1S/C17H26N2/c1-19(12-14-7-9-18-10-8-14)13-15-3-2-4-17(11-15)16-5-6-16/h2-4,11,14,16,18H,5-10,12-13H2,1H3. The van der Waals surface area contributed by atoms with Crippen molar-refractivity contribution in [1.82, 2.24) is 10.2 Å². The van der Waals surface area contributed by atoms with Gasteiger partial charge >= 0.3 is 0 Å². The predicted octanol–water partition coefficient (Wildman–Crippen LogP) is 3.00. The molecule has 2 heteroatoms. The summed E-state index contributed by atoms with van der Waals surface area (Å²) in [5.41, 5.74) is 3.05. The van der Waals surface area contributed by atoms with Crippen molar-refractivity contribution in [3.63, 3.8) is 0 Å². The van der Waals surface area contributed by atoms with Gasteiger partial charge in [-0.1, -0.05) is 24.3 Å². The van der Waals surface area contributed by atoms with Crippen molar-refractivity contribution in [1.29, 1.82) is 0 Å². The van der Waals surface area contributed by atoms with Gasteiger partial charge in [-0.2, -0.15) is 0 Å². The van der Waals surface area contributed by atoms with E-state index < -0.39 is 0 Å². The lowest BCUT2D eigenvalue weighted by molar-refractivity contribution is 0.234. The number of hydrogen-bond donors (Lipinski definition) is 1. The topological polar surface area (TPSA) is 15.3 Å². The molecule has 1 aliphatic carbocycles. The molecule has 1 saturated carbocycles. The summed E-state index contributed by atoms with van der Waals surface area (Å²) in [6.07, 6.45) is 5.47. The van der Waals surface area contributed by atoms with Gasteiger partial charge in [0.15, 0.2) is 0 Å². The number of hydrogen-bond acceptors (Lipinski definition) is 2. The highest BCUT2D eigenvalue weighted by molar-refractivity contribution is 5.29. The van der Waals surface area contributed by atoms with Gasteiger partial charge in [0.25, 0.3) is 0 Å². The van der Waals surface area contributed by atoms with Crippen LogP contribution in [0.1, 0.15) is 42.7 Å². The number of rotatable bonds is 5. The van der Waals surface area contributed by atoms with Gasteiger partial charge in [0.2, 0.25) is 0 Å². The quantitative estimate of drug-likeness (QED) is 0.873. The maximum atomic E-state index is 3.45. The molecule has 1 aromatic rings. The molecule has 1 heterocycles. The molecule has 1 aliphatic heterocycles. The molecule has 2 fully saturated rings. The first kappa shape index (κ1) is 13.1. The lowest BCUT2D eigenvalue weighted by atomic mass is 9.97. The highest BCUT2D eigenvalue weighted by Gasteiger charge is 2.23. The van der Waals surface area contributed by atoms with Crippen LogP contribution in [0.3, 0.4) is 0 Å². The van der Waals surface area contributed by atoms with Gasteiger partial charge in [0.1, 0.15) is 0 Å². The molecular formula is C17H26N2. The first-order valence-corrected chi connectivity index (χ1v) is 7.79. The summed E-state index contributed by atoms with van der Waals surface area (Å²) in [6.45, 7) is 4.76. The molecule has 19 heavy (non-hydrogen) atoms. The van der Waals surface area contributed by atoms with Gasteiger partial charge in [-0.15, -0.1) is 0 Å². The van der Waals surface area contributed by atoms with Gasteiger partial charge in [-0.05, 0) is 68.8 Å². The minimum Gasteiger partial charge on any atom is -0.317 e. The molecular weight excluding hydrogens is 232 g/mol. The summed E-state index contributed by atoms with van der Waals surface area (Å²) < 4.78 is 0. The monoisotopic (exact) mass is 258 g/mol. The molecule has 104 valence electrons. The lowest BCUT2D eigenvalue weighted by Gasteiger charge is -2.27. The average molecular weight is 258 g/mol. The Labute approximate surface area is 117 Å². The van der Waals surface area contributed by atoms with Crippen LogP contribution in [0.15, 0.2) is 24.3 Å². The number of piperidine rings is 1. The minimum absolute atomic E-state index is 0.870. The Morgan fingerprint density at radius 2 is 1.95 bits per heavy atom. The fourth-order valence-corrected chi connectivity index (χ4v) is 3.24. The van der Waals surface area contributed by atoms with Gasteiger partial charge in [-0.25, -0.2) is 0 Å². The zero-order chi connectivity index (χ0) is 13.1. The highest BCUT2D eigenvalue weighted by Crippen LogP contribution is 2.40. The van der Waals surface area contributed by atoms with Crippen LogP contribution in [-0.4, -0.2) is 31.6 Å². The van der Waals surface area contributed by atoms with Crippen LogP contribution in [-0.2, 0) is 6.54 Å².